The molecule has 5 heteroatoms. The fourth-order valence-corrected chi connectivity index (χ4v) is 2.69. The third kappa shape index (κ3) is 3.09. The summed E-state index contributed by atoms with van der Waals surface area (Å²) in [5.41, 5.74) is 1.87. The van der Waals surface area contributed by atoms with Gasteiger partial charge in [0.15, 0.2) is 0 Å². The molecule has 2 amide bonds. The van der Waals surface area contributed by atoms with Crippen LogP contribution in [0.15, 0.2) is 36.5 Å². The van der Waals surface area contributed by atoms with Crippen LogP contribution in [0.2, 0.25) is 0 Å². The van der Waals surface area contributed by atoms with Crippen molar-refractivity contribution >= 4 is 11.8 Å². The zero-order valence-electron chi connectivity index (χ0n) is 13.9. The maximum absolute atomic E-state index is 13.2. The molecule has 2 heterocycles. The normalized spacial score (nSPS) is 15.7. The lowest BCUT2D eigenvalue weighted by Gasteiger charge is -2.29. The van der Waals surface area contributed by atoms with E-state index in [-0.39, 0.29) is 17.4 Å². The summed E-state index contributed by atoms with van der Waals surface area (Å²) < 4.78 is 13.2. The van der Waals surface area contributed by atoms with E-state index in [4.69, 9.17) is 0 Å². The predicted molar refractivity (Wildman–Crippen MR) is 91.3 cm³/mol. The van der Waals surface area contributed by atoms with Crippen molar-refractivity contribution in [2.45, 2.75) is 26.3 Å². The molecule has 1 N–H and O–H groups in total. The molecule has 0 unspecified atom stereocenters. The van der Waals surface area contributed by atoms with E-state index in [1.54, 1.807) is 23.2 Å². The highest BCUT2D eigenvalue weighted by molar-refractivity contribution is 5.95. The number of amides is 2. The third-order valence-electron chi connectivity index (χ3n) is 3.92. The average molecular weight is 323 g/mol. The summed E-state index contributed by atoms with van der Waals surface area (Å²) in [4.78, 5) is 18.2. The van der Waals surface area contributed by atoms with Crippen LogP contribution in [-0.2, 0) is 0 Å². The minimum atomic E-state index is -0.330. The molecule has 0 radical (unpaired) electrons. The smallest absolute Gasteiger partial charge is 0.323 e. The van der Waals surface area contributed by atoms with Gasteiger partial charge in [-0.2, -0.15) is 0 Å². The molecular weight excluding hydrogens is 305 g/mol. The fourth-order valence-electron chi connectivity index (χ4n) is 2.69. The van der Waals surface area contributed by atoms with Crippen LogP contribution in [0.3, 0.4) is 0 Å². The van der Waals surface area contributed by atoms with E-state index in [9.17, 15) is 9.18 Å². The summed E-state index contributed by atoms with van der Waals surface area (Å²) in [6.45, 7) is 6.46. The standard InChI is InChI=1S/C19H18FN3O/c1-13-9-15(8-7-14-5-4-6-16(20)10-14)11-21-17(13)23-18(24)22-12-19(23,2)3/h4-6,9-11H,12H2,1-3H3,(H,22,24). The SMILES string of the molecule is Cc1cc(C#Cc2cccc(F)c2)cnc1N1C(=O)NCC1(C)C. The van der Waals surface area contributed by atoms with E-state index < -0.39 is 0 Å². The first-order chi connectivity index (χ1) is 11.4. The first-order valence-corrected chi connectivity index (χ1v) is 7.69. The topological polar surface area (TPSA) is 45.2 Å². The van der Waals surface area contributed by atoms with Gasteiger partial charge in [0.05, 0.1) is 5.54 Å². The molecule has 2 aromatic rings. The zero-order chi connectivity index (χ0) is 17.3. The van der Waals surface area contributed by atoms with Crippen molar-refractivity contribution in [3.63, 3.8) is 0 Å². The number of aromatic nitrogens is 1. The lowest BCUT2D eigenvalue weighted by Crippen LogP contribution is -2.43. The van der Waals surface area contributed by atoms with Crippen molar-refractivity contribution < 1.29 is 9.18 Å². The summed E-state index contributed by atoms with van der Waals surface area (Å²) >= 11 is 0. The van der Waals surface area contributed by atoms with Gasteiger partial charge in [-0.1, -0.05) is 17.9 Å². The Kier molecular flexibility index (Phi) is 3.98. The molecular formula is C19H18FN3O. The Balaban J connectivity index is 1.90. The Labute approximate surface area is 140 Å². The lowest BCUT2D eigenvalue weighted by atomic mass is 10.0. The van der Waals surface area contributed by atoms with Gasteiger partial charge in [-0.15, -0.1) is 0 Å². The van der Waals surface area contributed by atoms with Gasteiger partial charge in [-0.25, -0.2) is 14.2 Å². The number of rotatable bonds is 1. The van der Waals surface area contributed by atoms with E-state index in [1.165, 1.54) is 12.1 Å². The molecule has 0 spiro atoms. The van der Waals surface area contributed by atoms with Crippen LogP contribution in [0, 0.1) is 24.6 Å². The molecule has 1 fully saturated rings. The molecule has 4 nitrogen and oxygen atoms in total. The third-order valence-corrected chi connectivity index (χ3v) is 3.92. The molecule has 0 saturated carbocycles. The van der Waals surface area contributed by atoms with E-state index in [0.29, 0.717) is 17.9 Å². The van der Waals surface area contributed by atoms with Gasteiger partial charge < -0.3 is 5.32 Å². The van der Waals surface area contributed by atoms with Crippen molar-refractivity contribution in [1.82, 2.24) is 10.3 Å². The maximum atomic E-state index is 13.2. The molecule has 1 aromatic carbocycles. The molecule has 1 aliphatic rings. The number of aryl methyl sites for hydroxylation is 1. The van der Waals surface area contributed by atoms with Crippen molar-refractivity contribution in [2.24, 2.45) is 0 Å². The highest BCUT2D eigenvalue weighted by Gasteiger charge is 2.40. The number of nitrogens with one attached hydrogen (secondary N) is 1. The Bertz CT molecular complexity index is 864. The molecule has 3 rings (SSSR count). The largest absolute Gasteiger partial charge is 0.335 e. The van der Waals surface area contributed by atoms with Crippen molar-refractivity contribution in [3.05, 3.63) is 59.0 Å². The number of pyridine rings is 1. The van der Waals surface area contributed by atoms with Crippen LogP contribution in [-0.4, -0.2) is 23.1 Å². The minimum Gasteiger partial charge on any atom is -0.335 e. The van der Waals surface area contributed by atoms with Crippen molar-refractivity contribution in [3.8, 4) is 11.8 Å². The maximum Gasteiger partial charge on any atom is 0.323 e. The fraction of sp³-hybridized carbons (Fsp3) is 0.263. The van der Waals surface area contributed by atoms with Crippen molar-refractivity contribution in [1.29, 1.82) is 0 Å². The average Bonchev–Trinajstić information content (AvgIpc) is 2.79. The molecule has 0 aliphatic carbocycles. The number of carbonyl (C=O) groups excluding carboxylic acids is 1. The summed E-state index contributed by atoms with van der Waals surface area (Å²) in [6, 6.07) is 7.89. The molecule has 0 atom stereocenters. The van der Waals surface area contributed by atoms with Gasteiger partial charge in [0.25, 0.3) is 0 Å². The lowest BCUT2D eigenvalue weighted by molar-refractivity contribution is 0.251. The van der Waals surface area contributed by atoms with Gasteiger partial charge in [-0.3, -0.25) is 4.90 Å². The molecule has 122 valence electrons. The minimum absolute atomic E-state index is 0.144. The molecule has 1 aliphatic heterocycles. The second kappa shape index (κ2) is 5.97. The van der Waals surface area contributed by atoms with Crippen LogP contribution in [0.5, 0.6) is 0 Å². The molecule has 24 heavy (non-hydrogen) atoms. The van der Waals surface area contributed by atoms with Crippen LogP contribution in [0.25, 0.3) is 0 Å². The predicted octanol–water partition coefficient (Wildman–Crippen LogP) is 3.24. The second-order valence-electron chi connectivity index (χ2n) is 6.43. The molecule has 0 bridgehead atoms. The van der Waals surface area contributed by atoms with Gasteiger partial charge in [0.1, 0.15) is 11.6 Å². The zero-order valence-corrected chi connectivity index (χ0v) is 13.9. The van der Waals surface area contributed by atoms with E-state index in [2.05, 4.69) is 22.1 Å². The summed E-state index contributed by atoms with van der Waals surface area (Å²) in [6.07, 6.45) is 1.64. The Morgan fingerprint density at radius 1 is 1.25 bits per heavy atom. The van der Waals surface area contributed by atoms with Crippen LogP contribution in [0.4, 0.5) is 15.0 Å². The Hall–Kier alpha value is -2.87. The highest BCUT2D eigenvalue weighted by Crippen LogP contribution is 2.28. The summed E-state index contributed by atoms with van der Waals surface area (Å²) in [7, 11) is 0. The summed E-state index contributed by atoms with van der Waals surface area (Å²) in [5, 5.41) is 2.84. The van der Waals surface area contributed by atoms with Gasteiger partial charge in [-0.05, 0) is 50.6 Å². The number of halogens is 1. The number of urea groups is 1. The number of carbonyl (C=O) groups is 1. The number of benzene rings is 1. The van der Waals surface area contributed by atoms with Gasteiger partial charge in [0, 0.05) is 23.9 Å². The second-order valence-corrected chi connectivity index (χ2v) is 6.43. The van der Waals surface area contributed by atoms with Crippen LogP contribution in [0.1, 0.15) is 30.5 Å². The quantitative estimate of drug-likeness (QED) is 0.819. The van der Waals surface area contributed by atoms with Gasteiger partial charge >= 0.3 is 6.03 Å². The monoisotopic (exact) mass is 323 g/mol. The van der Waals surface area contributed by atoms with Crippen LogP contribution < -0.4 is 10.2 Å². The first-order valence-electron chi connectivity index (χ1n) is 7.69. The van der Waals surface area contributed by atoms with E-state index in [0.717, 1.165) is 11.1 Å². The highest BCUT2D eigenvalue weighted by atomic mass is 19.1. The summed E-state index contributed by atoms with van der Waals surface area (Å²) in [5.74, 6) is 6.22. The number of nitrogens with zero attached hydrogens (tertiary/aromatic N) is 2. The van der Waals surface area contributed by atoms with Gasteiger partial charge in [0.2, 0.25) is 0 Å². The first kappa shape index (κ1) is 16.0. The number of hydrogen-bond donors (Lipinski definition) is 1. The number of anilines is 1. The Morgan fingerprint density at radius 3 is 2.62 bits per heavy atom. The molecule has 1 aromatic heterocycles. The van der Waals surface area contributed by atoms with E-state index >= 15 is 0 Å². The Morgan fingerprint density at radius 2 is 2.00 bits per heavy atom. The molecule has 1 saturated heterocycles. The van der Waals surface area contributed by atoms with Crippen molar-refractivity contribution in [2.75, 3.05) is 11.4 Å². The van der Waals surface area contributed by atoms with E-state index in [1.807, 2.05) is 26.8 Å². The number of hydrogen-bond acceptors (Lipinski definition) is 2. The van der Waals surface area contributed by atoms with Crippen LogP contribution >= 0.6 is 0 Å².